The second-order valence-corrected chi connectivity index (χ2v) is 7.78. The molecule has 138 valence electrons. The van der Waals surface area contributed by atoms with Gasteiger partial charge in [-0.05, 0) is 32.3 Å². The second kappa shape index (κ2) is 7.58. The minimum atomic E-state index is -0.109. The molecule has 0 radical (unpaired) electrons. The van der Waals surface area contributed by atoms with E-state index >= 15 is 0 Å². The summed E-state index contributed by atoms with van der Waals surface area (Å²) in [6.07, 6.45) is 0. The zero-order valence-corrected chi connectivity index (χ0v) is 16.3. The minimum Gasteiger partial charge on any atom is -0.349 e. The Balaban J connectivity index is 1.79. The van der Waals surface area contributed by atoms with E-state index in [1.54, 1.807) is 11.8 Å². The van der Waals surface area contributed by atoms with Crippen LogP contribution in [-0.4, -0.2) is 47.8 Å². The van der Waals surface area contributed by atoms with Gasteiger partial charge in [0.05, 0.1) is 11.4 Å². The predicted molar refractivity (Wildman–Crippen MR) is 109 cm³/mol. The van der Waals surface area contributed by atoms with Crippen molar-refractivity contribution < 1.29 is 4.79 Å². The van der Waals surface area contributed by atoms with Gasteiger partial charge in [-0.3, -0.25) is 4.79 Å². The number of hydrogen-bond donors (Lipinski definition) is 1. The van der Waals surface area contributed by atoms with Crippen LogP contribution in [0.1, 0.15) is 16.1 Å². The molecule has 1 aromatic heterocycles. The highest BCUT2D eigenvalue weighted by Gasteiger charge is 2.29. The molecule has 0 fully saturated rings. The number of rotatable bonds is 5. The Labute approximate surface area is 163 Å². The highest BCUT2D eigenvalue weighted by atomic mass is 32.2. The normalized spacial score (nSPS) is 12.6. The summed E-state index contributed by atoms with van der Waals surface area (Å²) in [5.41, 5.74) is 4.64. The van der Waals surface area contributed by atoms with E-state index in [9.17, 15) is 4.79 Å². The van der Waals surface area contributed by atoms with E-state index in [2.05, 4.69) is 23.5 Å². The number of para-hydroxylation sites is 1. The molecule has 5 nitrogen and oxygen atoms in total. The Morgan fingerprint density at radius 1 is 1.15 bits per heavy atom. The molecular weight excluding hydrogens is 356 g/mol. The number of amides is 1. The average Bonchev–Trinajstić information content (AvgIpc) is 3.08. The van der Waals surface area contributed by atoms with Crippen LogP contribution in [0.5, 0.6) is 0 Å². The Kier molecular flexibility index (Phi) is 5.01. The lowest BCUT2D eigenvalue weighted by Crippen LogP contribution is -2.32. The first kappa shape index (κ1) is 17.8. The van der Waals surface area contributed by atoms with Gasteiger partial charge in [-0.2, -0.15) is 5.10 Å². The number of nitrogens with zero attached hydrogens (tertiary/aromatic N) is 3. The van der Waals surface area contributed by atoms with Gasteiger partial charge in [-0.1, -0.05) is 36.4 Å². The SMILES string of the molecule is CN(C)CCNC(=O)c1nn(-c2ccccc2)c2c1CSc1ccccc1-2. The van der Waals surface area contributed by atoms with Crippen LogP contribution < -0.4 is 5.32 Å². The van der Waals surface area contributed by atoms with E-state index in [-0.39, 0.29) is 5.91 Å². The minimum absolute atomic E-state index is 0.109. The van der Waals surface area contributed by atoms with Crippen LogP contribution in [-0.2, 0) is 5.75 Å². The molecule has 2 aromatic carbocycles. The molecule has 2 heterocycles. The number of carbonyl (C=O) groups excluding carboxylic acids is 1. The van der Waals surface area contributed by atoms with Crippen molar-refractivity contribution in [2.45, 2.75) is 10.6 Å². The van der Waals surface area contributed by atoms with Crippen LogP contribution in [0.25, 0.3) is 16.9 Å². The van der Waals surface area contributed by atoms with Gasteiger partial charge in [-0.25, -0.2) is 4.68 Å². The molecule has 0 aliphatic carbocycles. The maximum Gasteiger partial charge on any atom is 0.272 e. The Morgan fingerprint density at radius 2 is 1.89 bits per heavy atom. The van der Waals surface area contributed by atoms with Crippen LogP contribution in [0.2, 0.25) is 0 Å². The number of nitrogens with one attached hydrogen (secondary N) is 1. The smallest absolute Gasteiger partial charge is 0.272 e. The maximum absolute atomic E-state index is 12.8. The van der Waals surface area contributed by atoms with Gasteiger partial charge in [0, 0.05) is 34.9 Å². The fourth-order valence-electron chi connectivity index (χ4n) is 3.22. The first-order valence-electron chi connectivity index (χ1n) is 8.97. The summed E-state index contributed by atoms with van der Waals surface area (Å²) in [7, 11) is 3.98. The highest BCUT2D eigenvalue weighted by molar-refractivity contribution is 7.98. The van der Waals surface area contributed by atoms with Crippen LogP contribution in [0.3, 0.4) is 0 Å². The molecule has 0 bridgehead atoms. The summed E-state index contributed by atoms with van der Waals surface area (Å²) in [6.45, 7) is 1.40. The largest absolute Gasteiger partial charge is 0.349 e. The highest BCUT2D eigenvalue weighted by Crippen LogP contribution is 2.43. The van der Waals surface area contributed by atoms with E-state index in [1.165, 1.54) is 4.90 Å². The van der Waals surface area contributed by atoms with Crippen molar-refractivity contribution in [1.29, 1.82) is 0 Å². The van der Waals surface area contributed by atoms with Crippen molar-refractivity contribution in [1.82, 2.24) is 20.0 Å². The zero-order valence-electron chi connectivity index (χ0n) is 15.5. The van der Waals surface area contributed by atoms with Crippen molar-refractivity contribution in [2.24, 2.45) is 0 Å². The predicted octanol–water partition coefficient (Wildman–Crippen LogP) is 3.44. The topological polar surface area (TPSA) is 50.2 Å². The first-order valence-corrected chi connectivity index (χ1v) is 9.96. The fourth-order valence-corrected chi connectivity index (χ4v) is 4.29. The lowest BCUT2D eigenvalue weighted by Gasteiger charge is -2.18. The molecule has 0 spiro atoms. The molecule has 0 atom stereocenters. The number of carbonyl (C=O) groups is 1. The summed E-state index contributed by atoms with van der Waals surface area (Å²) in [5.74, 6) is 0.637. The van der Waals surface area contributed by atoms with Gasteiger partial charge in [0.1, 0.15) is 0 Å². The fraction of sp³-hybridized carbons (Fsp3) is 0.238. The molecule has 1 amide bonds. The molecule has 1 aliphatic rings. The molecule has 1 N–H and O–H groups in total. The molecule has 4 rings (SSSR count). The third-order valence-corrected chi connectivity index (χ3v) is 5.66. The first-order chi connectivity index (χ1) is 13.1. The molecule has 3 aromatic rings. The van der Waals surface area contributed by atoms with E-state index in [0.29, 0.717) is 12.2 Å². The number of thioether (sulfide) groups is 1. The average molecular weight is 379 g/mol. The second-order valence-electron chi connectivity index (χ2n) is 6.77. The molecule has 0 saturated heterocycles. The summed E-state index contributed by atoms with van der Waals surface area (Å²) in [4.78, 5) is 16.1. The summed E-state index contributed by atoms with van der Waals surface area (Å²) < 4.78 is 1.91. The molecule has 1 aliphatic heterocycles. The number of fused-ring (bicyclic) bond motifs is 3. The van der Waals surface area contributed by atoms with Crippen LogP contribution in [0.4, 0.5) is 0 Å². The molecule has 6 heteroatoms. The quantitative estimate of drug-likeness (QED) is 0.739. The van der Waals surface area contributed by atoms with Gasteiger partial charge in [-0.15, -0.1) is 11.8 Å². The number of likely N-dealkylation sites (N-methyl/N-ethyl adjacent to an activating group) is 1. The molecule has 27 heavy (non-hydrogen) atoms. The number of hydrogen-bond acceptors (Lipinski definition) is 4. The van der Waals surface area contributed by atoms with E-state index < -0.39 is 0 Å². The summed E-state index contributed by atoms with van der Waals surface area (Å²) in [5, 5.41) is 7.74. The van der Waals surface area contributed by atoms with Crippen molar-refractivity contribution >= 4 is 17.7 Å². The van der Waals surface area contributed by atoms with Gasteiger partial charge in [0.15, 0.2) is 5.69 Å². The van der Waals surface area contributed by atoms with Crippen LogP contribution in [0.15, 0.2) is 59.5 Å². The van der Waals surface area contributed by atoms with Gasteiger partial charge in [0.2, 0.25) is 0 Å². The van der Waals surface area contributed by atoms with Crippen molar-refractivity contribution in [2.75, 3.05) is 27.2 Å². The Hall–Kier alpha value is -2.57. The molecular formula is C21H22N4OS. The number of aromatic nitrogens is 2. The van der Waals surface area contributed by atoms with E-state index in [1.807, 2.05) is 60.1 Å². The zero-order chi connectivity index (χ0) is 18.8. The third-order valence-electron chi connectivity index (χ3n) is 4.56. The standard InChI is InChI=1S/C21H22N4OS/c1-24(2)13-12-22-21(26)19-17-14-27-18-11-7-6-10-16(18)20(17)25(23-19)15-8-4-3-5-9-15/h3-11H,12-14H2,1-2H3,(H,22,26). The van der Waals surface area contributed by atoms with Crippen molar-refractivity contribution in [3.63, 3.8) is 0 Å². The van der Waals surface area contributed by atoms with Crippen molar-refractivity contribution in [3.05, 3.63) is 65.9 Å². The van der Waals surface area contributed by atoms with Gasteiger partial charge >= 0.3 is 0 Å². The molecule has 0 unspecified atom stereocenters. The maximum atomic E-state index is 12.8. The Morgan fingerprint density at radius 3 is 2.67 bits per heavy atom. The van der Waals surface area contributed by atoms with Gasteiger partial charge in [0.25, 0.3) is 5.91 Å². The summed E-state index contributed by atoms with van der Waals surface area (Å²) >= 11 is 1.76. The Bertz CT molecular complexity index is 966. The van der Waals surface area contributed by atoms with Gasteiger partial charge < -0.3 is 10.2 Å². The summed E-state index contributed by atoms with van der Waals surface area (Å²) in [6, 6.07) is 18.3. The van der Waals surface area contributed by atoms with Crippen LogP contribution in [0, 0.1) is 0 Å². The third kappa shape index (κ3) is 3.50. The van der Waals surface area contributed by atoms with E-state index in [0.717, 1.165) is 34.8 Å². The lowest BCUT2D eigenvalue weighted by molar-refractivity contribution is 0.0945. The molecule has 0 saturated carbocycles. The van der Waals surface area contributed by atoms with Crippen LogP contribution >= 0.6 is 11.8 Å². The monoisotopic (exact) mass is 378 g/mol. The van der Waals surface area contributed by atoms with Crippen molar-refractivity contribution in [3.8, 4) is 16.9 Å². The lowest BCUT2D eigenvalue weighted by atomic mass is 10.1. The van der Waals surface area contributed by atoms with E-state index in [4.69, 9.17) is 5.10 Å². The number of benzene rings is 2.